The molecule has 0 unspecified atom stereocenters. The molecule has 0 fully saturated rings. The molecule has 0 saturated carbocycles. The van der Waals surface area contributed by atoms with Gasteiger partial charge in [-0.15, -0.1) is 0 Å². The summed E-state index contributed by atoms with van der Waals surface area (Å²) >= 11 is 0. The molecule has 2 heterocycles. The summed E-state index contributed by atoms with van der Waals surface area (Å²) in [6.45, 7) is 3.69. The Labute approximate surface area is 135 Å². The number of urea groups is 1. The van der Waals surface area contributed by atoms with Gasteiger partial charge >= 0.3 is 6.03 Å². The molecular weight excluding hydrogens is 294 g/mol. The third-order valence-electron chi connectivity index (χ3n) is 4.21. The van der Waals surface area contributed by atoms with Crippen molar-refractivity contribution in [2.75, 3.05) is 26.8 Å². The zero-order valence-corrected chi connectivity index (χ0v) is 13.4. The number of rotatable bonds is 5. The van der Waals surface area contributed by atoms with Crippen LogP contribution in [0.25, 0.3) is 0 Å². The fourth-order valence-corrected chi connectivity index (χ4v) is 3.02. The summed E-state index contributed by atoms with van der Waals surface area (Å²) < 4.78 is 5.04. The van der Waals surface area contributed by atoms with Gasteiger partial charge in [0.05, 0.1) is 23.9 Å². The van der Waals surface area contributed by atoms with E-state index in [9.17, 15) is 9.59 Å². The Kier molecular flexibility index (Phi) is 4.34. The number of amides is 3. The van der Waals surface area contributed by atoms with Crippen LogP contribution in [0.15, 0.2) is 35.5 Å². The average molecular weight is 315 g/mol. The van der Waals surface area contributed by atoms with Gasteiger partial charge in [-0.1, -0.05) is 29.8 Å². The predicted molar refractivity (Wildman–Crippen MR) is 85.7 cm³/mol. The lowest BCUT2D eigenvalue weighted by atomic mass is 9.95. The van der Waals surface area contributed by atoms with Crippen LogP contribution in [0.3, 0.4) is 0 Å². The van der Waals surface area contributed by atoms with Gasteiger partial charge in [0.25, 0.3) is 5.91 Å². The van der Waals surface area contributed by atoms with Crippen molar-refractivity contribution >= 4 is 11.9 Å². The van der Waals surface area contributed by atoms with Crippen LogP contribution in [0.4, 0.5) is 4.79 Å². The van der Waals surface area contributed by atoms with E-state index in [0.29, 0.717) is 31.0 Å². The molecule has 23 heavy (non-hydrogen) atoms. The lowest BCUT2D eigenvalue weighted by molar-refractivity contribution is -0.125. The minimum absolute atomic E-state index is 0.0193. The van der Waals surface area contributed by atoms with E-state index in [0.717, 1.165) is 17.5 Å². The number of ether oxygens (including phenoxy) is 1. The van der Waals surface area contributed by atoms with Crippen LogP contribution in [0, 0.1) is 6.92 Å². The maximum Gasteiger partial charge on any atom is 0.319 e. The van der Waals surface area contributed by atoms with Crippen molar-refractivity contribution in [3.63, 3.8) is 0 Å². The molecule has 1 aromatic carbocycles. The van der Waals surface area contributed by atoms with Gasteiger partial charge < -0.3 is 20.3 Å². The molecule has 0 aliphatic carbocycles. The summed E-state index contributed by atoms with van der Waals surface area (Å²) in [6.07, 6.45) is 0.777. The quantitative estimate of drug-likeness (QED) is 0.809. The minimum atomic E-state index is -0.390. The maximum absolute atomic E-state index is 12.7. The van der Waals surface area contributed by atoms with Crippen LogP contribution in [0.2, 0.25) is 0 Å². The Hall–Kier alpha value is -2.34. The fraction of sp³-hybridized carbons (Fsp3) is 0.412. The molecule has 1 atom stereocenters. The number of aryl methyl sites for hydroxylation is 1. The van der Waals surface area contributed by atoms with Crippen molar-refractivity contribution in [2.24, 2.45) is 0 Å². The molecular formula is C17H21N3O3. The average Bonchev–Trinajstić information content (AvgIpc) is 2.84. The summed E-state index contributed by atoms with van der Waals surface area (Å²) in [6, 6.07) is 7.23. The summed E-state index contributed by atoms with van der Waals surface area (Å²) in [7, 11) is 1.65. The number of carbonyl (C=O) groups is 2. The molecule has 0 bridgehead atoms. The molecule has 6 heteroatoms. The van der Waals surface area contributed by atoms with E-state index in [1.165, 1.54) is 0 Å². The third kappa shape index (κ3) is 3.07. The smallest absolute Gasteiger partial charge is 0.319 e. The van der Waals surface area contributed by atoms with E-state index in [1.54, 1.807) is 12.0 Å². The van der Waals surface area contributed by atoms with Gasteiger partial charge in [0, 0.05) is 20.3 Å². The van der Waals surface area contributed by atoms with Gasteiger partial charge in [0.1, 0.15) is 0 Å². The van der Waals surface area contributed by atoms with Crippen LogP contribution >= 0.6 is 0 Å². The molecule has 6 nitrogen and oxygen atoms in total. The first-order valence-corrected chi connectivity index (χ1v) is 7.75. The fourth-order valence-electron chi connectivity index (χ4n) is 3.02. The van der Waals surface area contributed by atoms with Gasteiger partial charge in [0.15, 0.2) is 0 Å². The molecule has 122 valence electrons. The van der Waals surface area contributed by atoms with Crippen molar-refractivity contribution < 1.29 is 14.3 Å². The molecule has 2 aliphatic rings. The SMILES string of the molecule is COCCCN1CC2=C(C1=O)[C@@H](c1ccc(C)cc1)NC(=O)N2. The Morgan fingerprint density at radius 3 is 2.70 bits per heavy atom. The van der Waals surface area contributed by atoms with Crippen molar-refractivity contribution in [1.82, 2.24) is 15.5 Å². The topological polar surface area (TPSA) is 70.7 Å². The highest BCUT2D eigenvalue weighted by molar-refractivity contribution is 6.01. The Bertz CT molecular complexity index is 652. The van der Waals surface area contributed by atoms with E-state index in [2.05, 4.69) is 10.6 Å². The first-order valence-electron chi connectivity index (χ1n) is 7.75. The molecule has 0 spiro atoms. The molecule has 2 aliphatic heterocycles. The first kappa shape index (κ1) is 15.6. The van der Waals surface area contributed by atoms with Gasteiger partial charge in [-0.3, -0.25) is 4.79 Å². The number of nitrogens with zero attached hydrogens (tertiary/aromatic N) is 1. The van der Waals surface area contributed by atoms with E-state index in [-0.39, 0.29) is 18.0 Å². The Morgan fingerprint density at radius 1 is 1.26 bits per heavy atom. The standard InChI is InChI=1S/C17H21N3O3/c1-11-4-6-12(7-5-11)15-14-13(18-17(22)19-15)10-20(16(14)21)8-3-9-23-2/h4-7,15H,3,8-10H2,1-2H3,(H2,18,19,22)/t15-/m1/s1. The monoisotopic (exact) mass is 315 g/mol. The molecule has 1 aromatic rings. The number of benzene rings is 1. The van der Waals surface area contributed by atoms with Gasteiger partial charge in [0.2, 0.25) is 0 Å². The van der Waals surface area contributed by atoms with Gasteiger partial charge in [-0.2, -0.15) is 0 Å². The van der Waals surface area contributed by atoms with Crippen LogP contribution in [-0.2, 0) is 9.53 Å². The van der Waals surface area contributed by atoms with Crippen molar-refractivity contribution in [3.8, 4) is 0 Å². The summed E-state index contributed by atoms with van der Waals surface area (Å²) in [4.78, 5) is 26.4. The molecule has 0 aromatic heterocycles. The zero-order valence-electron chi connectivity index (χ0n) is 13.4. The van der Waals surface area contributed by atoms with E-state index < -0.39 is 0 Å². The van der Waals surface area contributed by atoms with Gasteiger partial charge in [-0.25, -0.2) is 4.79 Å². The second kappa shape index (κ2) is 6.42. The number of methoxy groups -OCH3 is 1. The number of hydrogen-bond acceptors (Lipinski definition) is 3. The molecule has 0 saturated heterocycles. The minimum Gasteiger partial charge on any atom is -0.385 e. The van der Waals surface area contributed by atoms with Gasteiger partial charge in [-0.05, 0) is 18.9 Å². The largest absolute Gasteiger partial charge is 0.385 e. The lowest BCUT2D eigenvalue weighted by Crippen LogP contribution is -2.44. The van der Waals surface area contributed by atoms with Crippen LogP contribution in [-0.4, -0.2) is 43.6 Å². The van der Waals surface area contributed by atoms with Crippen molar-refractivity contribution in [3.05, 3.63) is 46.7 Å². The highest BCUT2D eigenvalue weighted by Crippen LogP contribution is 2.32. The molecule has 3 rings (SSSR count). The summed E-state index contributed by atoms with van der Waals surface area (Å²) in [5.41, 5.74) is 3.42. The highest BCUT2D eigenvalue weighted by Gasteiger charge is 2.39. The van der Waals surface area contributed by atoms with Crippen LogP contribution in [0.1, 0.15) is 23.6 Å². The Morgan fingerprint density at radius 2 is 2.00 bits per heavy atom. The third-order valence-corrected chi connectivity index (χ3v) is 4.21. The number of hydrogen-bond donors (Lipinski definition) is 2. The van der Waals surface area contributed by atoms with Crippen molar-refractivity contribution in [1.29, 1.82) is 0 Å². The first-order chi connectivity index (χ1) is 11.1. The summed E-state index contributed by atoms with van der Waals surface area (Å²) in [5.74, 6) is -0.0193. The zero-order chi connectivity index (χ0) is 16.4. The maximum atomic E-state index is 12.7. The molecule has 0 radical (unpaired) electrons. The second-order valence-corrected chi connectivity index (χ2v) is 5.91. The normalized spacial score (nSPS) is 20.4. The van der Waals surface area contributed by atoms with E-state index in [1.807, 2.05) is 31.2 Å². The highest BCUT2D eigenvalue weighted by atomic mass is 16.5. The van der Waals surface area contributed by atoms with Crippen LogP contribution in [0.5, 0.6) is 0 Å². The number of nitrogens with one attached hydrogen (secondary N) is 2. The predicted octanol–water partition coefficient (Wildman–Crippen LogP) is 1.48. The molecule has 3 amide bonds. The van der Waals surface area contributed by atoms with Crippen molar-refractivity contribution in [2.45, 2.75) is 19.4 Å². The van der Waals surface area contributed by atoms with E-state index in [4.69, 9.17) is 4.74 Å². The second-order valence-electron chi connectivity index (χ2n) is 5.91. The van der Waals surface area contributed by atoms with E-state index >= 15 is 0 Å². The van der Waals surface area contributed by atoms with Crippen LogP contribution < -0.4 is 10.6 Å². The lowest BCUT2D eigenvalue weighted by Gasteiger charge is -2.25. The Balaban J connectivity index is 1.84. The molecule has 2 N–H and O–H groups in total. The number of carbonyl (C=O) groups excluding carboxylic acids is 2. The summed E-state index contributed by atoms with van der Waals surface area (Å²) in [5, 5.41) is 5.64.